The van der Waals surface area contributed by atoms with Gasteiger partial charge in [0.05, 0.1) is 0 Å². The van der Waals surface area contributed by atoms with Gasteiger partial charge in [-0.05, 0) is 43.9 Å². The molecule has 5 rings (SSSR count). The molecule has 8 atom stereocenters. The average Bonchev–Trinajstić information content (AvgIpc) is 2.76. The lowest BCUT2D eigenvalue weighted by Gasteiger charge is -2.60. The van der Waals surface area contributed by atoms with E-state index in [-0.39, 0.29) is 17.8 Å². The molecule has 1 saturated carbocycles. The van der Waals surface area contributed by atoms with Crippen LogP contribution in [-0.2, 0) is 24.0 Å². The van der Waals surface area contributed by atoms with Crippen molar-refractivity contribution in [2.45, 2.75) is 70.2 Å². The summed E-state index contributed by atoms with van der Waals surface area (Å²) in [5.74, 6) is -0.623. The number of amides is 1. The molecule has 5 aliphatic rings. The Bertz CT molecular complexity index is 515. The van der Waals surface area contributed by atoms with Crippen LogP contribution in [0.1, 0.15) is 46.5 Å². The fourth-order valence-electron chi connectivity index (χ4n) is 5.27. The van der Waals surface area contributed by atoms with Crippen molar-refractivity contribution in [2.24, 2.45) is 23.7 Å². The first-order chi connectivity index (χ1) is 10.9. The van der Waals surface area contributed by atoms with Crippen LogP contribution in [0.15, 0.2) is 0 Å². The number of hydrogen-bond donors (Lipinski definition) is 2. The Morgan fingerprint density at radius 3 is 2.70 bits per heavy atom. The number of nitrogens with one attached hydrogen (secondary N) is 1. The van der Waals surface area contributed by atoms with Gasteiger partial charge in [0.2, 0.25) is 5.79 Å². The Labute approximate surface area is 135 Å². The molecule has 7 heteroatoms. The predicted octanol–water partition coefficient (Wildman–Crippen LogP) is 1.74. The lowest BCUT2D eigenvalue weighted by atomic mass is 9.57. The van der Waals surface area contributed by atoms with E-state index in [2.05, 4.69) is 6.92 Å². The van der Waals surface area contributed by atoms with Gasteiger partial charge in [-0.2, -0.15) is 0 Å². The SMILES string of the molecule is C[C@H]1[C@H](C(=O)NO)O[C@@H]2O[C@@]3(C)CC[C@H]4[C@H](C)CC[C@@H]1[C@@]24OO3. The summed E-state index contributed by atoms with van der Waals surface area (Å²) in [5.41, 5.74) is 1.05. The van der Waals surface area contributed by atoms with E-state index in [1.807, 2.05) is 13.8 Å². The third kappa shape index (κ3) is 2.04. The van der Waals surface area contributed by atoms with Gasteiger partial charge in [0.1, 0.15) is 6.10 Å². The van der Waals surface area contributed by atoms with E-state index in [4.69, 9.17) is 24.5 Å². The van der Waals surface area contributed by atoms with Gasteiger partial charge in [-0.3, -0.25) is 10.0 Å². The maximum absolute atomic E-state index is 12.0. The molecule has 7 nitrogen and oxygen atoms in total. The summed E-state index contributed by atoms with van der Waals surface area (Å²) in [5, 5.41) is 9.03. The molecule has 4 heterocycles. The highest BCUT2D eigenvalue weighted by atomic mass is 17.3. The molecule has 0 aromatic heterocycles. The van der Waals surface area contributed by atoms with Crippen LogP contribution in [0.4, 0.5) is 0 Å². The third-order valence-electron chi connectivity index (χ3n) is 6.53. The van der Waals surface area contributed by atoms with Crippen LogP contribution in [0, 0.1) is 23.7 Å². The van der Waals surface area contributed by atoms with Crippen LogP contribution in [0.3, 0.4) is 0 Å². The van der Waals surface area contributed by atoms with E-state index in [0.29, 0.717) is 5.92 Å². The second-order valence-electron chi connectivity index (χ2n) is 7.80. The first kappa shape index (κ1) is 15.8. The predicted molar refractivity (Wildman–Crippen MR) is 76.8 cm³/mol. The van der Waals surface area contributed by atoms with Crippen molar-refractivity contribution in [3.8, 4) is 0 Å². The number of hydrogen-bond acceptors (Lipinski definition) is 6. The molecule has 0 aromatic carbocycles. The lowest BCUT2D eigenvalue weighted by Crippen LogP contribution is -2.71. The highest BCUT2D eigenvalue weighted by Gasteiger charge is 2.69. The summed E-state index contributed by atoms with van der Waals surface area (Å²) in [4.78, 5) is 23.7. The fraction of sp³-hybridized carbons (Fsp3) is 0.938. The quantitative estimate of drug-likeness (QED) is 0.433. The molecule has 5 fully saturated rings. The summed E-state index contributed by atoms with van der Waals surface area (Å²) in [6, 6.07) is 0. The molecule has 2 N–H and O–H groups in total. The van der Waals surface area contributed by atoms with E-state index in [0.717, 1.165) is 25.7 Å². The van der Waals surface area contributed by atoms with Crippen molar-refractivity contribution in [3.63, 3.8) is 0 Å². The Balaban J connectivity index is 1.77. The number of carbonyl (C=O) groups is 1. The average molecular weight is 327 g/mol. The fourth-order valence-corrected chi connectivity index (χ4v) is 5.27. The zero-order chi connectivity index (χ0) is 16.4. The van der Waals surface area contributed by atoms with Crippen LogP contribution in [0.2, 0.25) is 0 Å². The first-order valence-electron chi connectivity index (χ1n) is 8.55. The molecule has 130 valence electrons. The highest BCUT2D eigenvalue weighted by molar-refractivity contribution is 5.80. The largest absolute Gasteiger partial charge is 0.336 e. The molecule has 2 bridgehead atoms. The minimum atomic E-state index is -0.849. The van der Waals surface area contributed by atoms with E-state index in [1.54, 1.807) is 5.48 Å². The molecule has 23 heavy (non-hydrogen) atoms. The number of rotatable bonds is 1. The molecular formula is C16H25NO6. The maximum Gasteiger partial charge on any atom is 0.272 e. The van der Waals surface area contributed by atoms with Crippen LogP contribution < -0.4 is 5.48 Å². The Morgan fingerprint density at radius 2 is 1.96 bits per heavy atom. The van der Waals surface area contributed by atoms with Crippen molar-refractivity contribution >= 4 is 5.91 Å². The highest BCUT2D eigenvalue weighted by Crippen LogP contribution is 2.60. The summed E-state index contributed by atoms with van der Waals surface area (Å²) >= 11 is 0. The second kappa shape index (κ2) is 5.13. The van der Waals surface area contributed by atoms with Gasteiger partial charge < -0.3 is 9.47 Å². The van der Waals surface area contributed by atoms with Gasteiger partial charge in [0, 0.05) is 12.3 Å². The number of fused-ring (bicyclic) bond motifs is 2. The zero-order valence-corrected chi connectivity index (χ0v) is 13.8. The molecule has 0 unspecified atom stereocenters. The summed E-state index contributed by atoms with van der Waals surface area (Å²) in [6.45, 7) is 6.07. The first-order valence-corrected chi connectivity index (χ1v) is 8.55. The smallest absolute Gasteiger partial charge is 0.272 e. The van der Waals surface area contributed by atoms with Crippen molar-refractivity contribution in [2.75, 3.05) is 0 Å². The van der Waals surface area contributed by atoms with Gasteiger partial charge in [0.25, 0.3) is 5.91 Å². The van der Waals surface area contributed by atoms with Gasteiger partial charge >= 0.3 is 0 Å². The molecular weight excluding hydrogens is 302 g/mol. The van der Waals surface area contributed by atoms with Crippen molar-refractivity contribution in [1.29, 1.82) is 0 Å². The minimum Gasteiger partial charge on any atom is -0.336 e. The number of carbonyl (C=O) groups excluding carboxylic acids is 1. The molecule has 4 aliphatic heterocycles. The van der Waals surface area contributed by atoms with Gasteiger partial charge in [-0.1, -0.05) is 13.8 Å². The van der Waals surface area contributed by atoms with E-state index < -0.39 is 29.7 Å². The molecule has 1 spiro atoms. The normalized spacial score (nSPS) is 55.0. The second-order valence-corrected chi connectivity index (χ2v) is 7.80. The summed E-state index contributed by atoms with van der Waals surface area (Å²) in [6.07, 6.45) is 2.30. The summed E-state index contributed by atoms with van der Waals surface area (Å²) < 4.78 is 12.1. The Kier molecular flexibility index (Phi) is 3.52. The minimum absolute atomic E-state index is 0.0902. The molecule has 1 amide bonds. The number of ether oxygens (including phenoxy) is 2. The van der Waals surface area contributed by atoms with E-state index in [1.165, 1.54) is 0 Å². The monoisotopic (exact) mass is 327 g/mol. The topological polar surface area (TPSA) is 86.3 Å². The zero-order valence-electron chi connectivity index (χ0n) is 13.8. The van der Waals surface area contributed by atoms with Crippen LogP contribution >= 0.6 is 0 Å². The van der Waals surface area contributed by atoms with Crippen molar-refractivity contribution in [1.82, 2.24) is 5.48 Å². The van der Waals surface area contributed by atoms with Crippen molar-refractivity contribution in [3.05, 3.63) is 0 Å². The van der Waals surface area contributed by atoms with Gasteiger partial charge in [-0.15, -0.1) is 0 Å². The summed E-state index contributed by atoms with van der Waals surface area (Å²) in [7, 11) is 0. The molecule has 0 radical (unpaired) electrons. The van der Waals surface area contributed by atoms with Crippen LogP contribution in [0.25, 0.3) is 0 Å². The van der Waals surface area contributed by atoms with Crippen LogP contribution in [-0.4, -0.2) is 34.9 Å². The molecule has 1 aliphatic carbocycles. The van der Waals surface area contributed by atoms with E-state index in [9.17, 15) is 4.79 Å². The lowest BCUT2D eigenvalue weighted by molar-refractivity contribution is -0.569. The van der Waals surface area contributed by atoms with E-state index >= 15 is 0 Å². The number of hydroxylamine groups is 1. The molecule has 4 saturated heterocycles. The van der Waals surface area contributed by atoms with Gasteiger partial charge in [-0.25, -0.2) is 15.3 Å². The Morgan fingerprint density at radius 1 is 1.17 bits per heavy atom. The molecule has 0 aromatic rings. The Hall–Kier alpha value is -0.730. The van der Waals surface area contributed by atoms with Crippen molar-refractivity contribution < 1.29 is 29.3 Å². The van der Waals surface area contributed by atoms with Crippen LogP contribution in [0.5, 0.6) is 0 Å². The van der Waals surface area contributed by atoms with Gasteiger partial charge in [0.15, 0.2) is 11.9 Å². The maximum atomic E-state index is 12.0. The third-order valence-corrected chi connectivity index (χ3v) is 6.53. The standard InChI is InChI=1S/C16H25NO6/c1-8-4-5-11-9(2)12(13(18)17-19)20-14-16(11)10(8)6-7-15(3,21-14)22-23-16/h8-12,14,19H,4-7H2,1-3H3,(H,17,18)/t8-,9-,10+,11+,12-,14-,15-,16-/m1/s1.